The van der Waals surface area contributed by atoms with Crippen LogP contribution < -0.4 is 0 Å². The molecule has 0 bridgehead atoms. The van der Waals surface area contributed by atoms with Crippen molar-refractivity contribution in [3.63, 3.8) is 0 Å². The minimum absolute atomic E-state index is 0.609. The maximum absolute atomic E-state index is 2.45. The zero-order valence-corrected chi connectivity index (χ0v) is 14.2. The standard InChI is InChI=1S/C20H23NS/c1-14-13-19-18(9-12-22-19)20(15-7-10-21(2)11-8-15)17-6-4-3-5-16(14)17/h3-6,9,12,14H,7-8,10-11,13H2,1-2H3. The molecule has 1 aromatic carbocycles. The molecule has 2 heterocycles. The maximum Gasteiger partial charge on any atom is 0.0130 e. The first kappa shape index (κ1) is 14.2. The van der Waals surface area contributed by atoms with Crippen molar-refractivity contribution < 1.29 is 0 Å². The second kappa shape index (κ2) is 5.68. The molecule has 1 aliphatic carbocycles. The molecule has 1 nitrogen and oxygen atoms in total. The predicted octanol–water partition coefficient (Wildman–Crippen LogP) is 4.94. The van der Waals surface area contributed by atoms with E-state index >= 15 is 0 Å². The molecule has 114 valence electrons. The van der Waals surface area contributed by atoms with E-state index in [4.69, 9.17) is 0 Å². The molecule has 1 fully saturated rings. The molecule has 0 N–H and O–H groups in total. The fraction of sp³-hybridized carbons (Fsp3) is 0.400. The zero-order chi connectivity index (χ0) is 15.1. The van der Waals surface area contributed by atoms with Gasteiger partial charge < -0.3 is 4.90 Å². The summed E-state index contributed by atoms with van der Waals surface area (Å²) in [4.78, 5) is 4.02. The predicted molar refractivity (Wildman–Crippen MR) is 95.6 cm³/mol. The highest BCUT2D eigenvalue weighted by atomic mass is 32.1. The molecule has 0 radical (unpaired) electrons. The molecule has 4 rings (SSSR count). The van der Waals surface area contributed by atoms with Gasteiger partial charge in [0, 0.05) is 18.0 Å². The van der Waals surface area contributed by atoms with Crippen LogP contribution in [0.4, 0.5) is 0 Å². The highest BCUT2D eigenvalue weighted by Crippen LogP contribution is 2.43. The number of piperidine rings is 1. The molecule has 1 aliphatic heterocycles. The summed E-state index contributed by atoms with van der Waals surface area (Å²) in [5.41, 5.74) is 7.77. The normalized spacial score (nSPS) is 22.2. The quantitative estimate of drug-likeness (QED) is 0.666. The van der Waals surface area contributed by atoms with Crippen molar-refractivity contribution in [3.8, 4) is 0 Å². The van der Waals surface area contributed by atoms with Crippen molar-refractivity contribution in [1.82, 2.24) is 4.90 Å². The summed E-state index contributed by atoms with van der Waals surface area (Å²) < 4.78 is 0. The molecule has 0 saturated carbocycles. The van der Waals surface area contributed by atoms with Crippen LogP contribution in [-0.4, -0.2) is 25.0 Å². The van der Waals surface area contributed by atoms with Crippen LogP contribution >= 0.6 is 11.3 Å². The summed E-state index contributed by atoms with van der Waals surface area (Å²) in [6.07, 6.45) is 3.61. The molecule has 1 unspecified atom stereocenters. The molecule has 0 spiro atoms. The van der Waals surface area contributed by atoms with Crippen LogP contribution in [0.15, 0.2) is 41.3 Å². The van der Waals surface area contributed by atoms with E-state index in [0.29, 0.717) is 5.92 Å². The number of thiophene rings is 1. The smallest absolute Gasteiger partial charge is 0.0130 e. The van der Waals surface area contributed by atoms with Gasteiger partial charge in [0.15, 0.2) is 0 Å². The largest absolute Gasteiger partial charge is 0.306 e. The van der Waals surface area contributed by atoms with E-state index in [0.717, 1.165) is 0 Å². The van der Waals surface area contributed by atoms with Gasteiger partial charge in [0.25, 0.3) is 0 Å². The average Bonchev–Trinajstić information content (AvgIpc) is 2.93. The summed E-state index contributed by atoms with van der Waals surface area (Å²) in [6, 6.07) is 11.4. The minimum atomic E-state index is 0.609. The molecule has 2 heteroatoms. The Morgan fingerprint density at radius 1 is 1.05 bits per heavy atom. The number of nitrogens with zero attached hydrogens (tertiary/aromatic N) is 1. The Bertz CT molecular complexity index is 715. The van der Waals surface area contributed by atoms with Gasteiger partial charge in [0.2, 0.25) is 0 Å². The number of benzene rings is 1. The Hall–Kier alpha value is -1.38. The molecule has 1 aromatic heterocycles. The molecule has 1 atom stereocenters. The molecule has 22 heavy (non-hydrogen) atoms. The lowest BCUT2D eigenvalue weighted by atomic mass is 9.86. The summed E-state index contributed by atoms with van der Waals surface area (Å²) in [5, 5.41) is 2.28. The molecule has 2 aliphatic rings. The third-order valence-electron chi connectivity index (χ3n) is 5.21. The third kappa shape index (κ3) is 2.35. The third-order valence-corrected chi connectivity index (χ3v) is 6.15. The van der Waals surface area contributed by atoms with Gasteiger partial charge in [-0.15, -0.1) is 11.3 Å². The number of fused-ring (bicyclic) bond motifs is 2. The van der Waals surface area contributed by atoms with Crippen molar-refractivity contribution in [2.24, 2.45) is 0 Å². The van der Waals surface area contributed by atoms with Crippen LogP contribution in [0.3, 0.4) is 0 Å². The first-order chi connectivity index (χ1) is 10.7. The molecule has 0 amide bonds. The van der Waals surface area contributed by atoms with Crippen molar-refractivity contribution in [2.75, 3.05) is 20.1 Å². The van der Waals surface area contributed by atoms with Gasteiger partial charge in [-0.1, -0.05) is 36.8 Å². The number of hydrogen-bond donors (Lipinski definition) is 0. The fourth-order valence-corrected chi connectivity index (χ4v) is 4.94. The lowest BCUT2D eigenvalue weighted by Crippen LogP contribution is -2.27. The van der Waals surface area contributed by atoms with E-state index in [9.17, 15) is 0 Å². The van der Waals surface area contributed by atoms with Crippen LogP contribution in [0.2, 0.25) is 0 Å². The van der Waals surface area contributed by atoms with Crippen molar-refractivity contribution >= 4 is 16.9 Å². The summed E-state index contributed by atoms with van der Waals surface area (Å²) in [6.45, 7) is 4.76. The van der Waals surface area contributed by atoms with E-state index in [1.807, 2.05) is 11.3 Å². The number of rotatable bonds is 0. The van der Waals surface area contributed by atoms with Crippen LogP contribution in [-0.2, 0) is 6.42 Å². The lowest BCUT2D eigenvalue weighted by molar-refractivity contribution is 0.313. The van der Waals surface area contributed by atoms with Crippen LogP contribution in [0.25, 0.3) is 5.57 Å². The molecular formula is C20H23NS. The topological polar surface area (TPSA) is 3.24 Å². The van der Waals surface area contributed by atoms with Crippen LogP contribution in [0, 0.1) is 0 Å². The van der Waals surface area contributed by atoms with Gasteiger partial charge in [-0.2, -0.15) is 0 Å². The molecule has 1 saturated heterocycles. The van der Waals surface area contributed by atoms with E-state index in [1.54, 1.807) is 16.0 Å². The SMILES string of the molecule is CC1Cc2sccc2C(=C2CCN(C)CC2)c2ccccc21. The Labute approximate surface area is 137 Å². The van der Waals surface area contributed by atoms with Crippen molar-refractivity contribution in [1.29, 1.82) is 0 Å². The van der Waals surface area contributed by atoms with Crippen LogP contribution in [0.1, 0.15) is 47.3 Å². The Morgan fingerprint density at radius 3 is 2.64 bits per heavy atom. The maximum atomic E-state index is 2.45. The van der Waals surface area contributed by atoms with Gasteiger partial charge in [0.1, 0.15) is 0 Å². The summed E-state index contributed by atoms with van der Waals surface area (Å²) in [5.74, 6) is 0.609. The Morgan fingerprint density at radius 2 is 1.82 bits per heavy atom. The minimum Gasteiger partial charge on any atom is -0.306 e. The first-order valence-electron chi connectivity index (χ1n) is 8.30. The van der Waals surface area contributed by atoms with Crippen molar-refractivity contribution in [3.05, 3.63) is 62.9 Å². The van der Waals surface area contributed by atoms with Gasteiger partial charge >= 0.3 is 0 Å². The summed E-state index contributed by atoms with van der Waals surface area (Å²) in [7, 11) is 2.24. The molecule has 2 aromatic rings. The van der Waals surface area contributed by atoms with E-state index in [1.165, 1.54) is 49.0 Å². The highest BCUT2D eigenvalue weighted by Gasteiger charge is 2.26. The van der Waals surface area contributed by atoms with E-state index in [2.05, 4.69) is 54.6 Å². The van der Waals surface area contributed by atoms with Gasteiger partial charge in [-0.05, 0) is 65.9 Å². The van der Waals surface area contributed by atoms with Gasteiger partial charge in [0.05, 0.1) is 0 Å². The second-order valence-electron chi connectivity index (χ2n) is 6.73. The zero-order valence-electron chi connectivity index (χ0n) is 13.4. The van der Waals surface area contributed by atoms with Gasteiger partial charge in [-0.3, -0.25) is 0 Å². The van der Waals surface area contributed by atoms with E-state index in [-0.39, 0.29) is 0 Å². The fourth-order valence-electron chi connectivity index (χ4n) is 3.93. The highest BCUT2D eigenvalue weighted by molar-refractivity contribution is 7.10. The van der Waals surface area contributed by atoms with Crippen molar-refractivity contribution in [2.45, 2.75) is 32.1 Å². The average molecular weight is 309 g/mol. The van der Waals surface area contributed by atoms with Crippen LogP contribution in [0.5, 0.6) is 0 Å². The van der Waals surface area contributed by atoms with E-state index < -0.39 is 0 Å². The number of hydrogen-bond acceptors (Lipinski definition) is 2. The lowest BCUT2D eigenvalue weighted by Gasteiger charge is -2.27. The monoisotopic (exact) mass is 309 g/mol. The first-order valence-corrected chi connectivity index (χ1v) is 9.18. The second-order valence-corrected chi connectivity index (χ2v) is 7.73. The Balaban J connectivity index is 1.94. The molecular weight excluding hydrogens is 286 g/mol. The number of likely N-dealkylation sites (tertiary alicyclic amines) is 1. The van der Waals surface area contributed by atoms with Gasteiger partial charge in [-0.25, -0.2) is 0 Å². The Kier molecular flexibility index (Phi) is 3.67. The summed E-state index contributed by atoms with van der Waals surface area (Å²) >= 11 is 1.94.